The third-order valence-electron chi connectivity index (χ3n) is 16.4. The minimum Gasteiger partial charge on any atom is -0.390 e. The van der Waals surface area contributed by atoms with E-state index in [1.54, 1.807) is 0 Å². The van der Waals surface area contributed by atoms with E-state index in [2.05, 4.69) is 39.5 Å². The van der Waals surface area contributed by atoms with Crippen LogP contribution in [0.4, 0.5) is 4.39 Å². The molecule has 0 radical (unpaired) electrons. The largest absolute Gasteiger partial charge is 0.390 e. The molecule has 2 N–H and O–H groups in total. The Kier molecular flexibility index (Phi) is 8.64. The first-order valence-corrected chi connectivity index (χ1v) is 19.3. The average Bonchev–Trinajstić information content (AvgIpc) is 3.65. The molecule has 15 atom stereocenters. The smallest absolute Gasteiger partial charge is 0.170 e. The molecule has 5 saturated carbocycles. The van der Waals surface area contributed by atoms with Gasteiger partial charge in [-0.3, -0.25) is 4.90 Å². The monoisotopic (exact) mass is 663 g/mol. The normalized spacial score (nSPS) is 52.0. The second-order valence-corrected chi connectivity index (χ2v) is 19.0. The van der Waals surface area contributed by atoms with Crippen molar-refractivity contribution >= 4 is 0 Å². The molecule has 0 aromatic rings. The number of fused-ring (bicyclic) bond motifs is 4. The lowest BCUT2D eigenvalue weighted by Crippen LogP contribution is -2.60. The lowest BCUT2D eigenvalue weighted by Gasteiger charge is -2.64. The van der Waals surface area contributed by atoms with Crippen molar-refractivity contribution < 1.29 is 33.6 Å². The van der Waals surface area contributed by atoms with Crippen LogP contribution in [0.25, 0.3) is 0 Å². The molecule has 7 fully saturated rings. The van der Waals surface area contributed by atoms with Crippen LogP contribution < -0.4 is 0 Å². The van der Waals surface area contributed by atoms with Crippen molar-refractivity contribution in [2.24, 2.45) is 50.7 Å². The van der Waals surface area contributed by atoms with Crippen molar-refractivity contribution in [1.29, 1.82) is 0 Å². The Morgan fingerprint density at radius 2 is 1.74 bits per heavy atom. The molecule has 7 aliphatic rings. The van der Waals surface area contributed by atoms with E-state index in [4.69, 9.17) is 18.9 Å². The molecule has 0 bridgehead atoms. The highest BCUT2D eigenvalue weighted by molar-refractivity contribution is 5.33. The van der Waals surface area contributed by atoms with E-state index in [0.717, 1.165) is 32.2 Å². The molecule has 8 heteroatoms. The summed E-state index contributed by atoms with van der Waals surface area (Å²) < 4.78 is 39.5. The summed E-state index contributed by atoms with van der Waals surface area (Å²) in [4.78, 5) is 2.17. The van der Waals surface area contributed by atoms with Gasteiger partial charge in [0.2, 0.25) is 0 Å². The third-order valence-corrected chi connectivity index (χ3v) is 16.4. The van der Waals surface area contributed by atoms with Gasteiger partial charge in [-0.2, -0.15) is 0 Å². The standard InChI is InChI=1S/C39H66FNO6/c1-10-44-33(35(6,7)43)25-19-23(2)30-31(46-25)32(42)37(9)27-12-11-26-34(4,5)28(47-29-21-41(17-18-45-29)24(3)20-40)13-14-38(26)22-39(27,38)16-15-36(30,37)8/h23-33,42-43H,10-22H2,1-9H3/t23-,24+,25-,26+,27+,28+,29+,30+,31+,32+,33+,36-,37-,38-,39+/m1/s1. The number of alkyl halides is 1. The number of halogens is 1. The fourth-order valence-corrected chi connectivity index (χ4v) is 14.1. The maximum atomic E-state index is 13.5. The molecule has 2 heterocycles. The summed E-state index contributed by atoms with van der Waals surface area (Å²) in [5.74, 6) is 1.73. The Bertz CT molecular complexity index is 1180. The molecule has 0 amide bonds. The van der Waals surface area contributed by atoms with Crippen LogP contribution in [0.2, 0.25) is 0 Å². The van der Waals surface area contributed by atoms with E-state index < -0.39 is 17.8 Å². The maximum absolute atomic E-state index is 13.5. The molecule has 270 valence electrons. The molecule has 7 nitrogen and oxygen atoms in total. The van der Waals surface area contributed by atoms with Gasteiger partial charge in [-0.05, 0) is 124 Å². The van der Waals surface area contributed by atoms with E-state index >= 15 is 0 Å². The van der Waals surface area contributed by atoms with Crippen LogP contribution in [0.15, 0.2) is 0 Å². The summed E-state index contributed by atoms with van der Waals surface area (Å²) in [5, 5.41) is 23.6. The summed E-state index contributed by atoms with van der Waals surface area (Å²) in [6.07, 6.45) is 7.48. The lowest BCUT2D eigenvalue weighted by molar-refractivity contribution is -0.251. The summed E-state index contributed by atoms with van der Waals surface area (Å²) in [6, 6.07) is -0.103. The zero-order valence-corrected chi connectivity index (χ0v) is 30.9. The van der Waals surface area contributed by atoms with Crippen LogP contribution in [-0.2, 0) is 18.9 Å². The summed E-state index contributed by atoms with van der Waals surface area (Å²) in [6.45, 7) is 21.9. The highest BCUT2D eigenvalue weighted by atomic mass is 19.1. The Balaban J connectivity index is 1.12. The van der Waals surface area contributed by atoms with E-state index in [1.165, 1.54) is 25.7 Å². The Hall–Kier alpha value is -0.350. The fourth-order valence-electron chi connectivity index (χ4n) is 14.1. The van der Waals surface area contributed by atoms with Crippen LogP contribution in [-0.4, -0.2) is 96.5 Å². The molecular formula is C39H66FNO6. The minimum atomic E-state index is -1.02. The predicted octanol–water partition coefficient (Wildman–Crippen LogP) is 6.38. The van der Waals surface area contributed by atoms with Crippen LogP contribution in [0.1, 0.15) is 114 Å². The summed E-state index contributed by atoms with van der Waals surface area (Å²) >= 11 is 0. The molecule has 0 aromatic carbocycles. The number of hydrogen-bond donors (Lipinski definition) is 2. The van der Waals surface area contributed by atoms with E-state index in [-0.39, 0.29) is 59.0 Å². The van der Waals surface area contributed by atoms with Crippen molar-refractivity contribution in [2.45, 2.75) is 162 Å². The van der Waals surface area contributed by atoms with Gasteiger partial charge in [0.25, 0.3) is 0 Å². The van der Waals surface area contributed by atoms with Gasteiger partial charge in [-0.25, -0.2) is 4.39 Å². The quantitative estimate of drug-likeness (QED) is 0.312. The molecule has 0 aromatic heterocycles. The maximum Gasteiger partial charge on any atom is 0.170 e. The SMILES string of the molecule is CCO[C@@H]([C@H]1C[C@@H](C)[C@H]2[C@H](O1)[C@H](O)[C@@]1(C)[C@@H]3CC[C@H]4C(C)(C)[C@@H](O[C@H]5CN([C@@H](C)CF)CCO5)CC[C@@]45C[C@@]35CC[C@]21C)C(C)(C)O. The van der Waals surface area contributed by atoms with Crippen LogP contribution in [0, 0.1) is 50.7 Å². The van der Waals surface area contributed by atoms with E-state index in [0.29, 0.717) is 48.8 Å². The zero-order chi connectivity index (χ0) is 33.9. The first-order chi connectivity index (χ1) is 22.0. The fraction of sp³-hybridized carbons (Fsp3) is 1.00. The lowest BCUT2D eigenvalue weighted by atomic mass is 9.41. The minimum absolute atomic E-state index is 0.000613. The van der Waals surface area contributed by atoms with Gasteiger partial charge in [0.05, 0.1) is 36.6 Å². The first-order valence-electron chi connectivity index (χ1n) is 19.3. The molecular weight excluding hydrogens is 597 g/mol. The predicted molar refractivity (Wildman–Crippen MR) is 179 cm³/mol. The van der Waals surface area contributed by atoms with Crippen molar-refractivity contribution in [3.8, 4) is 0 Å². The van der Waals surface area contributed by atoms with Crippen LogP contribution in [0.3, 0.4) is 0 Å². The number of nitrogens with zero attached hydrogens (tertiary/aromatic N) is 1. The van der Waals surface area contributed by atoms with Crippen molar-refractivity contribution in [2.75, 3.05) is 33.0 Å². The number of morpholine rings is 1. The van der Waals surface area contributed by atoms with Crippen molar-refractivity contribution in [3.63, 3.8) is 0 Å². The molecule has 2 spiro atoms. The molecule has 2 saturated heterocycles. The molecule has 2 aliphatic heterocycles. The van der Waals surface area contributed by atoms with Crippen LogP contribution >= 0.6 is 0 Å². The van der Waals surface area contributed by atoms with Gasteiger partial charge in [0.15, 0.2) is 6.29 Å². The number of hydrogen-bond acceptors (Lipinski definition) is 7. The number of rotatable bonds is 8. The number of aliphatic hydroxyl groups excluding tert-OH is 1. The van der Waals surface area contributed by atoms with Gasteiger partial charge in [-0.1, -0.05) is 34.6 Å². The average molecular weight is 664 g/mol. The van der Waals surface area contributed by atoms with Crippen molar-refractivity contribution in [3.05, 3.63) is 0 Å². The van der Waals surface area contributed by atoms with E-state index in [1.807, 2.05) is 27.7 Å². The molecule has 47 heavy (non-hydrogen) atoms. The van der Waals surface area contributed by atoms with Gasteiger partial charge in [-0.15, -0.1) is 0 Å². The van der Waals surface area contributed by atoms with Crippen molar-refractivity contribution in [1.82, 2.24) is 4.90 Å². The summed E-state index contributed by atoms with van der Waals surface area (Å²) in [7, 11) is 0. The second kappa shape index (κ2) is 11.6. The Labute approximate surface area is 284 Å². The highest BCUT2D eigenvalue weighted by Crippen LogP contribution is 2.89. The van der Waals surface area contributed by atoms with Gasteiger partial charge >= 0.3 is 0 Å². The molecule has 0 unspecified atom stereocenters. The number of ether oxygens (including phenoxy) is 4. The van der Waals surface area contributed by atoms with E-state index in [9.17, 15) is 14.6 Å². The zero-order valence-electron chi connectivity index (χ0n) is 30.9. The van der Waals surface area contributed by atoms with Gasteiger partial charge < -0.3 is 29.2 Å². The van der Waals surface area contributed by atoms with Crippen LogP contribution in [0.5, 0.6) is 0 Å². The third kappa shape index (κ3) is 4.80. The van der Waals surface area contributed by atoms with Gasteiger partial charge in [0, 0.05) is 31.2 Å². The number of aliphatic hydroxyl groups is 2. The Morgan fingerprint density at radius 3 is 2.43 bits per heavy atom. The molecule has 5 aliphatic carbocycles. The topological polar surface area (TPSA) is 80.6 Å². The first kappa shape index (κ1) is 35.1. The second-order valence-electron chi connectivity index (χ2n) is 19.0. The molecule has 7 rings (SSSR count). The summed E-state index contributed by atoms with van der Waals surface area (Å²) in [5.41, 5.74) is -0.637. The highest BCUT2D eigenvalue weighted by Gasteiger charge is 2.84. The van der Waals surface area contributed by atoms with Gasteiger partial charge in [0.1, 0.15) is 12.8 Å². The Morgan fingerprint density at radius 1 is 1.04 bits per heavy atom.